The topological polar surface area (TPSA) is 95.1 Å². The third kappa shape index (κ3) is 3.16. The summed E-state index contributed by atoms with van der Waals surface area (Å²) < 4.78 is 6.99. The number of hydrogen-bond donors (Lipinski definition) is 2. The van der Waals surface area contributed by atoms with Gasteiger partial charge in [0.1, 0.15) is 5.15 Å². The van der Waals surface area contributed by atoms with Crippen molar-refractivity contribution in [3.8, 4) is 11.3 Å². The van der Waals surface area contributed by atoms with Crippen LogP contribution in [0.5, 0.6) is 0 Å². The van der Waals surface area contributed by atoms with Crippen molar-refractivity contribution in [3.63, 3.8) is 0 Å². The molecule has 2 aromatic rings. The first kappa shape index (κ1) is 15.8. The van der Waals surface area contributed by atoms with Gasteiger partial charge in [0.05, 0.1) is 42.4 Å². The number of aromatic nitrogens is 3. The van der Waals surface area contributed by atoms with Crippen LogP contribution in [-0.4, -0.2) is 39.9 Å². The number of aryl methyl sites for hydroxylation is 1. The van der Waals surface area contributed by atoms with Gasteiger partial charge in [0.2, 0.25) is 0 Å². The Morgan fingerprint density at radius 3 is 2.91 bits per heavy atom. The third-order valence-electron chi connectivity index (χ3n) is 3.93. The summed E-state index contributed by atoms with van der Waals surface area (Å²) in [7, 11) is 1.79. The van der Waals surface area contributed by atoms with Gasteiger partial charge in [-0.1, -0.05) is 18.5 Å². The predicted molar refractivity (Wildman–Crippen MR) is 87.1 cm³/mol. The lowest BCUT2D eigenvalue weighted by Gasteiger charge is -2.17. The normalized spacial score (nSPS) is 20.7. The zero-order valence-electron chi connectivity index (χ0n) is 12.9. The Labute approximate surface area is 138 Å². The third-order valence-corrected chi connectivity index (χ3v) is 4.13. The Morgan fingerprint density at radius 1 is 1.52 bits per heavy atom. The van der Waals surface area contributed by atoms with E-state index in [4.69, 9.17) is 22.1 Å². The largest absolute Gasteiger partial charge is 0.396 e. The van der Waals surface area contributed by atoms with Crippen molar-refractivity contribution in [2.24, 2.45) is 13.0 Å². The molecule has 1 saturated heterocycles. The molecule has 23 heavy (non-hydrogen) atoms. The number of carbonyl (C=O) groups excluding carboxylic acids is 1. The van der Waals surface area contributed by atoms with Crippen molar-refractivity contribution < 1.29 is 9.53 Å². The van der Waals surface area contributed by atoms with Crippen LogP contribution >= 0.6 is 11.6 Å². The van der Waals surface area contributed by atoms with Crippen LogP contribution in [0.15, 0.2) is 18.5 Å². The van der Waals surface area contributed by atoms with Gasteiger partial charge >= 0.3 is 0 Å². The summed E-state index contributed by atoms with van der Waals surface area (Å²) in [5, 5.41) is 7.25. The van der Waals surface area contributed by atoms with Crippen LogP contribution < -0.4 is 11.1 Å². The summed E-state index contributed by atoms with van der Waals surface area (Å²) in [6, 6.07) is 1.45. The number of nitrogens with zero attached hydrogens (tertiary/aromatic N) is 3. The highest BCUT2D eigenvalue weighted by Gasteiger charge is 2.27. The molecule has 8 heteroatoms. The average molecular weight is 336 g/mol. The molecule has 3 heterocycles. The van der Waals surface area contributed by atoms with Crippen LogP contribution in [-0.2, 0) is 11.8 Å². The van der Waals surface area contributed by atoms with Crippen molar-refractivity contribution in [2.45, 2.75) is 13.0 Å². The summed E-state index contributed by atoms with van der Waals surface area (Å²) in [4.78, 5) is 16.8. The van der Waals surface area contributed by atoms with E-state index in [1.165, 1.54) is 6.07 Å². The molecular formula is C15H18ClN5O2. The monoisotopic (exact) mass is 335 g/mol. The number of hydrogen-bond acceptors (Lipinski definition) is 5. The number of carbonyl (C=O) groups is 1. The van der Waals surface area contributed by atoms with E-state index < -0.39 is 0 Å². The van der Waals surface area contributed by atoms with E-state index in [-0.39, 0.29) is 28.7 Å². The molecule has 0 unspecified atom stereocenters. The zero-order chi connectivity index (χ0) is 16.6. The molecule has 7 nitrogen and oxygen atoms in total. The minimum absolute atomic E-state index is 0.0318. The second-order valence-electron chi connectivity index (χ2n) is 5.75. The van der Waals surface area contributed by atoms with Crippen LogP contribution in [0.25, 0.3) is 11.3 Å². The van der Waals surface area contributed by atoms with E-state index in [0.717, 1.165) is 0 Å². The summed E-state index contributed by atoms with van der Waals surface area (Å²) >= 11 is 6.07. The Bertz CT molecular complexity index is 745. The number of rotatable bonds is 3. The number of anilines is 1. The van der Waals surface area contributed by atoms with Crippen LogP contribution in [0.3, 0.4) is 0 Å². The van der Waals surface area contributed by atoms with Crippen LogP contribution in [0, 0.1) is 5.92 Å². The van der Waals surface area contributed by atoms with Gasteiger partial charge in [-0.05, 0) is 6.07 Å². The summed E-state index contributed by atoms with van der Waals surface area (Å²) in [6.07, 6.45) is 3.40. The molecule has 3 N–H and O–H groups in total. The van der Waals surface area contributed by atoms with Crippen LogP contribution in [0.2, 0.25) is 5.15 Å². The second kappa shape index (κ2) is 6.17. The lowest BCUT2D eigenvalue weighted by atomic mass is 10.0. The molecule has 1 aliphatic rings. The minimum Gasteiger partial charge on any atom is -0.396 e. The highest BCUT2D eigenvalue weighted by molar-refractivity contribution is 6.30. The highest BCUT2D eigenvalue weighted by Crippen LogP contribution is 2.29. The van der Waals surface area contributed by atoms with Crippen molar-refractivity contribution in [1.29, 1.82) is 0 Å². The maximum Gasteiger partial charge on any atom is 0.253 e. The fraction of sp³-hybridized carbons (Fsp3) is 0.400. The van der Waals surface area contributed by atoms with E-state index >= 15 is 0 Å². The number of ether oxygens (including phenoxy) is 1. The standard InChI is InChI=1S/C15H18ClN5O2/c1-8-6-23-7-11(8)19-15(22)10-3-12(16)20-14(13(10)17)9-4-18-21(2)5-9/h3-5,8,11H,6-7,17H2,1-2H3,(H,19,22)/t8-,11-/m1/s1. The fourth-order valence-corrected chi connectivity index (χ4v) is 2.76. The molecule has 1 aliphatic heterocycles. The molecule has 2 aromatic heterocycles. The molecule has 0 radical (unpaired) electrons. The van der Waals surface area contributed by atoms with Gasteiger partial charge in [-0.25, -0.2) is 4.98 Å². The van der Waals surface area contributed by atoms with Gasteiger partial charge in [-0.3, -0.25) is 9.48 Å². The zero-order valence-corrected chi connectivity index (χ0v) is 13.7. The van der Waals surface area contributed by atoms with E-state index in [2.05, 4.69) is 15.4 Å². The Kier molecular flexibility index (Phi) is 4.23. The number of pyridine rings is 1. The van der Waals surface area contributed by atoms with Gasteiger partial charge < -0.3 is 15.8 Å². The van der Waals surface area contributed by atoms with Gasteiger partial charge in [0.25, 0.3) is 5.91 Å². The first-order valence-corrected chi connectivity index (χ1v) is 7.67. The van der Waals surface area contributed by atoms with E-state index in [0.29, 0.717) is 30.0 Å². The minimum atomic E-state index is -0.278. The summed E-state index contributed by atoms with van der Waals surface area (Å²) in [5.74, 6) is -0.0189. The van der Waals surface area contributed by atoms with Crippen LogP contribution in [0.4, 0.5) is 5.69 Å². The van der Waals surface area contributed by atoms with Gasteiger partial charge in [-0.15, -0.1) is 0 Å². The number of amides is 1. The molecule has 0 spiro atoms. The quantitative estimate of drug-likeness (QED) is 0.828. The molecule has 1 fully saturated rings. The summed E-state index contributed by atoms with van der Waals surface area (Å²) in [5.41, 5.74) is 7.90. The molecule has 3 rings (SSSR count). The predicted octanol–water partition coefficient (Wildman–Crippen LogP) is 1.48. The van der Waals surface area contributed by atoms with Gasteiger partial charge in [0.15, 0.2) is 0 Å². The summed E-state index contributed by atoms with van der Waals surface area (Å²) in [6.45, 7) is 3.17. The lowest BCUT2D eigenvalue weighted by molar-refractivity contribution is 0.0927. The fourth-order valence-electron chi connectivity index (χ4n) is 2.57. The van der Waals surface area contributed by atoms with Crippen molar-refractivity contribution in [1.82, 2.24) is 20.1 Å². The molecule has 0 aromatic carbocycles. The maximum absolute atomic E-state index is 12.6. The van der Waals surface area contributed by atoms with E-state index in [1.807, 2.05) is 6.92 Å². The Balaban J connectivity index is 1.93. The van der Waals surface area contributed by atoms with E-state index in [9.17, 15) is 4.79 Å². The van der Waals surface area contributed by atoms with Gasteiger partial charge in [0, 0.05) is 24.7 Å². The van der Waals surface area contributed by atoms with E-state index in [1.54, 1.807) is 24.1 Å². The van der Waals surface area contributed by atoms with Crippen LogP contribution in [0.1, 0.15) is 17.3 Å². The molecule has 0 saturated carbocycles. The number of nitrogens with two attached hydrogens (primary N) is 1. The lowest BCUT2D eigenvalue weighted by Crippen LogP contribution is -2.39. The van der Waals surface area contributed by atoms with Crippen molar-refractivity contribution in [3.05, 3.63) is 29.2 Å². The second-order valence-corrected chi connectivity index (χ2v) is 6.14. The van der Waals surface area contributed by atoms with Crippen molar-refractivity contribution in [2.75, 3.05) is 18.9 Å². The Morgan fingerprint density at radius 2 is 2.30 bits per heavy atom. The first-order valence-electron chi connectivity index (χ1n) is 7.29. The average Bonchev–Trinajstić information content (AvgIpc) is 3.10. The number of nitrogen functional groups attached to an aromatic ring is 1. The highest BCUT2D eigenvalue weighted by atomic mass is 35.5. The first-order chi connectivity index (χ1) is 11.0. The molecule has 2 atom stereocenters. The van der Waals surface area contributed by atoms with Gasteiger partial charge in [-0.2, -0.15) is 5.10 Å². The maximum atomic E-state index is 12.6. The Hall–Kier alpha value is -2.12. The SMILES string of the molecule is C[C@@H]1COC[C@H]1NC(=O)c1cc(Cl)nc(-c2cnn(C)c2)c1N. The number of halogens is 1. The molecular weight excluding hydrogens is 318 g/mol. The molecule has 122 valence electrons. The molecule has 0 aliphatic carbocycles. The van der Waals surface area contributed by atoms with Crippen molar-refractivity contribution >= 4 is 23.2 Å². The number of nitrogens with one attached hydrogen (secondary N) is 1. The molecule has 1 amide bonds. The smallest absolute Gasteiger partial charge is 0.253 e. The molecule has 0 bridgehead atoms.